The topological polar surface area (TPSA) is 141 Å². The highest BCUT2D eigenvalue weighted by atomic mass is 32.2. The monoisotopic (exact) mass is 788 g/mol. The van der Waals surface area contributed by atoms with Crippen molar-refractivity contribution in [3.8, 4) is 0 Å². The molecule has 3 aromatic carbocycles. The summed E-state index contributed by atoms with van der Waals surface area (Å²) in [6, 6.07) is 32.1. The molecule has 0 unspecified atom stereocenters. The van der Waals surface area contributed by atoms with Crippen molar-refractivity contribution in [3.63, 3.8) is 0 Å². The summed E-state index contributed by atoms with van der Waals surface area (Å²) >= 11 is 0. The molecule has 2 saturated carbocycles. The molecule has 12 nitrogen and oxygen atoms in total. The molecule has 0 spiro atoms. The molecule has 58 heavy (non-hydrogen) atoms. The molecule has 292 valence electrons. The van der Waals surface area contributed by atoms with Gasteiger partial charge in [-0.15, -0.1) is 20.4 Å². The summed E-state index contributed by atoms with van der Waals surface area (Å²) < 4.78 is 32.1. The average Bonchev–Trinajstić information content (AvgIpc) is 4.10. The van der Waals surface area contributed by atoms with Gasteiger partial charge in [0.15, 0.2) is 22.6 Å². The van der Waals surface area contributed by atoms with Gasteiger partial charge in [-0.1, -0.05) is 78.4 Å². The maximum absolute atomic E-state index is 13.3. The number of fused-ring (bicyclic) bond motifs is 6. The summed E-state index contributed by atoms with van der Waals surface area (Å²) in [5.74, 6) is 4.08. The van der Waals surface area contributed by atoms with Crippen LogP contribution in [0.1, 0.15) is 78.7 Å². The van der Waals surface area contributed by atoms with Crippen molar-refractivity contribution >= 4 is 43.6 Å². The Morgan fingerprint density at radius 3 is 1.81 bits per heavy atom. The van der Waals surface area contributed by atoms with Gasteiger partial charge in [0.1, 0.15) is 11.6 Å². The standard InChI is InChI=1S/C26H25N5O2S.C19H19N5/c1-18-7-11-22(12-8-18)34(32,33)30-14-13-23-26(30)27-17-24-28-29-25(31(23)24)21-10-9-20(16-21)15-19-5-3-2-4-6-19;1-2-4-13(5-3-1)10-14-6-7-15(11-14)19-23-22-17-12-21-18-16(24(17)19)8-9-20-18/h2-8,11-14,17,20-21H,9-10,15-16H2,1H3;1-5,8-9,12,14-15,20H,6-7,10-11H2/t20-,21+;14-,15+/m00/s1. The largest absolute Gasteiger partial charge is 0.345 e. The summed E-state index contributed by atoms with van der Waals surface area (Å²) in [7, 11) is -3.77. The molecule has 0 saturated heterocycles. The lowest BCUT2D eigenvalue weighted by Gasteiger charge is -2.11. The molecule has 2 aliphatic carbocycles. The van der Waals surface area contributed by atoms with Crippen LogP contribution >= 0.6 is 0 Å². The van der Waals surface area contributed by atoms with Gasteiger partial charge in [-0.05, 0) is 106 Å². The molecule has 9 aromatic rings. The molecule has 4 atom stereocenters. The van der Waals surface area contributed by atoms with Gasteiger partial charge in [-0.2, -0.15) is 0 Å². The molecule has 0 radical (unpaired) electrons. The third kappa shape index (κ3) is 6.72. The Hall–Kier alpha value is -6.21. The molecular formula is C45H44N10O2S. The van der Waals surface area contributed by atoms with Crippen LogP contribution in [0.3, 0.4) is 0 Å². The lowest BCUT2D eigenvalue weighted by Crippen LogP contribution is -2.13. The number of nitrogens with zero attached hydrogens (tertiary/aromatic N) is 9. The number of nitrogens with one attached hydrogen (secondary N) is 1. The first-order valence-electron chi connectivity index (χ1n) is 20.2. The Morgan fingerprint density at radius 1 is 0.638 bits per heavy atom. The van der Waals surface area contributed by atoms with Gasteiger partial charge < -0.3 is 4.98 Å². The molecular weight excluding hydrogens is 745 g/mol. The van der Waals surface area contributed by atoms with Gasteiger partial charge in [0.05, 0.1) is 28.3 Å². The lowest BCUT2D eigenvalue weighted by atomic mass is 9.96. The fourth-order valence-electron chi connectivity index (χ4n) is 9.28. The van der Waals surface area contributed by atoms with Crippen molar-refractivity contribution in [2.24, 2.45) is 11.8 Å². The second kappa shape index (κ2) is 14.9. The highest BCUT2D eigenvalue weighted by Crippen LogP contribution is 2.41. The van der Waals surface area contributed by atoms with Crippen LogP contribution in [-0.4, -0.2) is 56.5 Å². The number of rotatable bonds is 8. The molecule has 2 aliphatic rings. The normalized spacial score (nSPS) is 19.7. The number of benzene rings is 3. The van der Waals surface area contributed by atoms with E-state index in [0.717, 1.165) is 72.0 Å². The van der Waals surface area contributed by atoms with Gasteiger partial charge in [-0.25, -0.2) is 22.4 Å². The van der Waals surface area contributed by atoms with Crippen LogP contribution in [0.15, 0.2) is 127 Å². The van der Waals surface area contributed by atoms with Crippen molar-refractivity contribution in [1.82, 2.24) is 48.1 Å². The van der Waals surface area contributed by atoms with E-state index in [9.17, 15) is 8.42 Å². The minimum Gasteiger partial charge on any atom is -0.345 e. The number of H-pyrrole nitrogens is 1. The van der Waals surface area contributed by atoms with E-state index in [1.54, 1.807) is 48.9 Å². The van der Waals surface area contributed by atoms with Crippen molar-refractivity contribution < 1.29 is 8.42 Å². The minimum absolute atomic E-state index is 0.237. The molecule has 0 bridgehead atoms. The molecule has 11 rings (SSSR count). The molecule has 2 fully saturated rings. The van der Waals surface area contributed by atoms with E-state index in [1.807, 2.05) is 23.6 Å². The molecule has 6 aromatic heterocycles. The quantitative estimate of drug-likeness (QED) is 0.162. The van der Waals surface area contributed by atoms with Crippen LogP contribution in [0.5, 0.6) is 0 Å². The summed E-state index contributed by atoms with van der Waals surface area (Å²) in [6.07, 6.45) is 16.0. The van der Waals surface area contributed by atoms with Gasteiger partial charge in [0, 0.05) is 24.2 Å². The lowest BCUT2D eigenvalue weighted by molar-refractivity contribution is 0.530. The van der Waals surface area contributed by atoms with Gasteiger partial charge >= 0.3 is 0 Å². The Morgan fingerprint density at radius 2 is 1.21 bits per heavy atom. The van der Waals surface area contributed by atoms with Crippen LogP contribution in [0.25, 0.3) is 33.6 Å². The highest BCUT2D eigenvalue weighted by Gasteiger charge is 2.32. The summed E-state index contributed by atoms with van der Waals surface area (Å²) in [6.45, 7) is 1.93. The zero-order valence-corrected chi connectivity index (χ0v) is 33.1. The zero-order chi connectivity index (χ0) is 39.2. The Labute approximate surface area is 336 Å². The molecule has 6 heterocycles. The first-order valence-corrected chi connectivity index (χ1v) is 21.6. The Bertz CT molecular complexity index is 2970. The number of aromatic amines is 1. The number of hydrogen-bond donors (Lipinski definition) is 1. The van der Waals surface area contributed by atoms with Crippen LogP contribution in [0, 0.1) is 18.8 Å². The third-order valence-electron chi connectivity index (χ3n) is 12.2. The minimum atomic E-state index is -3.77. The van der Waals surface area contributed by atoms with Crippen LogP contribution in [0.2, 0.25) is 0 Å². The Balaban J connectivity index is 0.000000149. The van der Waals surface area contributed by atoms with Crippen LogP contribution < -0.4 is 0 Å². The van der Waals surface area contributed by atoms with Gasteiger partial charge in [0.2, 0.25) is 0 Å². The van der Waals surface area contributed by atoms with Gasteiger partial charge in [0.25, 0.3) is 10.0 Å². The first kappa shape index (κ1) is 36.2. The predicted octanol–water partition coefficient (Wildman–Crippen LogP) is 8.48. The fourth-order valence-corrected chi connectivity index (χ4v) is 10.6. The number of aromatic nitrogens is 10. The molecule has 0 aliphatic heterocycles. The maximum Gasteiger partial charge on any atom is 0.269 e. The first-order chi connectivity index (χ1) is 28.4. The van der Waals surface area contributed by atoms with Crippen molar-refractivity contribution in [3.05, 3.63) is 150 Å². The zero-order valence-electron chi connectivity index (χ0n) is 32.3. The highest BCUT2D eigenvalue weighted by molar-refractivity contribution is 7.90. The summed E-state index contributed by atoms with van der Waals surface area (Å²) in [5, 5.41) is 17.7. The van der Waals surface area contributed by atoms with E-state index >= 15 is 0 Å². The van der Waals surface area contributed by atoms with Crippen LogP contribution in [0.4, 0.5) is 0 Å². The van der Waals surface area contributed by atoms with E-state index in [4.69, 9.17) is 0 Å². The predicted molar refractivity (Wildman–Crippen MR) is 223 cm³/mol. The Kier molecular flexibility index (Phi) is 9.31. The summed E-state index contributed by atoms with van der Waals surface area (Å²) in [4.78, 5) is 12.3. The molecule has 13 heteroatoms. The average molecular weight is 789 g/mol. The van der Waals surface area contributed by atoms with E-state index in [0.29, 0.717) is 28.6 Å². The smallest absolute Gasteiger partial charge is 0.269 e. The maximum atomic E-state index is 13.3. The number of hydrogen-bond acceptors (Lipinski definition) is 8. The van der Waals surface area contributed by atoms with E-state index in [1.165, 1.54) is 34.4 Å². The van der Waals surface area contributed by atoms with Crippen molar-refractivity contribution in [1.29, 1.82) is 0 Å². The molecule has 1 N–H and O–H groups in total. The molecule has 0 amide bonds. The summed E-state index contributed by atoms with van der Waals surface area (Å²) in [5.41, 5.74) is 8.33. The SMILES string of the molecule is Cc1ccc(S(=O)(=O)n2ccc3c2ncc2nnc([C@@H]4CC[C@@H](Cc5ccccc5)C4)n23)cc1.c1ccc(C[C@@H]2CC[C@@H](c3nnc4cnc5[nH]ccc5n34)C2)cc1. The van der Waals surface area contributed by atoms with Crippen molar-refractivity contribution in [2.75, 3.05) is 0 Å². The third-order valence-corrected chi connectivity index (χ3v) is 13.8. The number of aryl methyl sites for hydroxylation is 1. The second-order valence-electron chi connectivity index (χ2n) is 16.0. The fraction of sp³-hybridized carbons (Fsp3) is 0.289. The van der Waals surface area contributed by atoms with Gasteiger partial charge in [-0.3, -0.25) is 8.80 Å². The van der Waals surface area contributed by atoms with Crippen LogP contribution in [-0.2, 0) is 22.9 Å². The van der Waals surface area contributed by atoms with Crippen molar-refractivity contribution in [2.45, 2.75) is 75.0 Å². The van der Waals surface area contributed by atoms with E-state index < -0.39 is 10.0 Å². The van der Waals surface area contributed by atoms with E-state index in [-0.39, 0.29) is 10.8 Å². The van der Waals surface area contributed by atoms with E-state index in [2.05, 4.69) is 100 Å². The second-order valence-corrected chi connectivity index (χ2v) is 17.8.